The van der Waals surface area contributed by atoms with E-state index in [2.05, 4.69) is 78.1 Å². The maximum atomic E-state index is 14.1. The minimum absolute atomic E-state index is 0.219. The lowest BCUT2D eigenvalue weighted by Crippen LogP contribution is -2.71. The standard InChI is InChI=1S/C38H37N2O5PS/c1-38(2,3)45-37(43)34-27(26-47-36-33(35(42)40(34)36)39-32(41)24-44-28-16-8-4-9-17-28)25-46(29-18-10-5-11-19-29,30-20-12-6-13-21-30)31-22-14-7-15-23-31/h4-23,33,36H,24-26H2,1-3H3/p+1/t33-,36+/m1/s1. The number of carbonyl (C=O) groups is 3. The lowest BCUT2D eigenvalue weighted by Gasteiger charge is -2.50. The Bertz CT molecular complexity index is 1670. The number of amides is 2. The van der Waals surface area contributed by atoms with E-state index in [-0.39, 0.29) is 18.2 Å². The molecule has 0 aromatic heterocycles. The Hall–Kier alpha value is -4.39. The van der Waals surface area contributed by atoms with Crippen molar-refractivity contribution in [3.8, 4) is 5.75 Å². The molecule has 6 rings (SSSR count). The number of carbonyl (C=O) groups excluding carboxylic acids is 3. The Balaban J connectivity index is 1.38. The quantitative estimate of drug-likeness (QED) is 0.145. The summed E-state index contributed by atoms with van der Waals surface area (Å²) in [5.41, 5.74) is 0.374. The van der Waals surface area contributed by atoms with Gasteiger partial charge in [0.2, 0.25) is 0 Å². The molecule has 0 saturated carbocycles. The molecule has 240 valence electrons. The zero-order valence-electron chi connectivity index (χ0n) is 26.7. The number of nitrogens with one attached hydrogen (secondary N) is 1. The van der Waals surface area contributed by atoms with E-state index in [0.717, 1.165) is 5.57 Å². The van der Waals surface area contributed by atoms with E-state index in [1.165, 1.54) is 20.8 Å². The topological polar surface area (TPSA) is 84.9 Å². The van der Waals surface area contributed by atoms with Crippen molar-refractivity contribution in [2.75, 3.05) is 18.5 Å². The summed E-state index contributed by atoms with van der Waals surface area (Å²) < 4.78 is 11.5. The molecule has 1 N–H and O–H groups in total. The van der Waals surface area contributed by atoms with Crippen molar-refractivity contribution in [2.45, 2.75) is 37.8 Å². The smallest absolute Gasteiger partial charge is 0.355 e. The maximum absolute atomic E-state index is 14.1. The molecule has 47 heavy (non-hydrogen) atoms. The number of ether oxygens (including phenoxy) is 2. The van der Waals surface area contributed by atoms with E-state index in [1.54, 1.807) is 23.9 Å². The molecule has 9 heteroatoms. The van der Waals surface area contributed by atoms with Crippen LogP contribution in [0, 0.1) is 0 Å². The molecule has 1 fully saturated rings. The average molecular weight is 666 g/mol. The van der Waals surface area contributed by atoms with Crippen molar-refractivity contribution in [3.05, 3.63) is 133 Å². The van der Waals surface area contributed by atoms with E-state index in [4.69, 9.17) is 9.47 Å². The molecule has 4 aromatic rings. The van der Waals surface area contributed by atoms with Crippen LogP contribution in [0.1, 0.15) is 20.8 Å². The molecule has 1 saturated heterocycles. The maximum Gasteiger partial charge on any atom is 0.355 e. The SMILES string of the molecule is CC(C)(C)OC(=O)C1=C(C[P+](c2ccccc2)(c2ccccc2)c2ccccc2)CS[C@H]2[C@H](NC(=O)COc3ccccc3)C(=O)N12. The highest BCUT2D eigenvalue weighted by molar-refractivity contribution is 8.00. The molecule has 0 unspecified atom stereocenters. The fraction of sp³-hybridized carbons (Fsp3) is 0.237. The van der Waals surface area contributed by atoms with Crippen molar-refractivity contribution in [3.63, 3.8) is 0 Å². The Morgan fingerprint density at radius 1 is 0.809 bits per heavy atom. The molecule has 2 aliphatic heterocycles. The van der Waals surface area contributed by atoms with Crippen molar-refractivity contribution in [1.82, 2.24) is 10.2 Å². The fourth-order valence-corrected chi connectivity index (χ4v) is 11.9. The second kappa shape index (κ2) is 13.8. The van der Waals surface area contributed by atoms with Gasteiger partial charge in [0.15, 0.2) is 6.61 Å². The van der Waals surface area contributed by atoms with E-state index < -0.39 is 36.2 Å². The third kappa shape index (κ3) is 6.85. The van der Waals surface area contributed by atoms with Gasteiger partial charge in [-0.25, -0.2) is 4.79 Å². The van der Waals surface area contributed by atoms with E-state index in [9.17, 15) is 14.4 Å². The number of esters is 1. The van der Waals surface area contributed by atoms with Crippen molar-refractivity contribution in [1.29, 1.82) is 0 Å². The Kier molecular flexibility index (Phi) is 9.53. The number of nitrogens with zero attached hydrogens (tertiary/aromatic N) is 1. The van der Waals surface area contributed by atoms with Gasteiger partial charge in [-0.3, -0.25) is 14.5 Å². The zero-order valence-corrected chi connectivity index (χ0v) is 28.4. The Labute approximate surface area is 280 Å². The van der Waals surface area contributed by atoms with Gasteiger partial charge in [-0.05, 0) is 69.3 Å². The first-order chi connectivity index (χ1) is 22.7. The lowest BCUT2D eigenvalue weighted by atomic mass is 10.0. The third-order valence-corrected chi connectivity index (χ3v) is 13.8. The van der Waals surface area contributed by atoms with Crippen LogP contribution in [0.25, 0.3) is 0 Å². The summed E-state index contributed by atoms with van der Waals surface area (Å²) in [6.07, 6.45) is 0.547. The lowest BCUT2D eigenvalue weighted by molar-refractivity contribution is -0.159. The van der Waals surface area contributed by atoms with Crippen LogP contribution in [0.5, 0.6) is 5.75 Å². The first-order valence-corrected chi connectivity index (χ1v) is 18.6. The van der Waals surface area contributed by atoms with Crippen LogP contribution in [0.4, 0.5) is 0 Å². The van der Waals surface area contributed by atoms with Gasteiger partial charge in [-0.1, -0.05) is 72.8 Å². The highest BCUT2D eigenvalue weighted by atomic mass is 32.2. The number of para-hydroxylation sites is 1. The van der Waals surface area contributed by atoms with Gasteiger partial charge in [0, 0.05) is 11.3 Å². The first kappa shape index (κ1) is 32.5. The first-order valence-electron chi connectivity index (χ1n) is 15.6. The van der Waals surface area contributed by atoms with Gasteiger partial charge >= 0.3 is 5.97 Å². The van der Waals surface area contributed by atoms with Crippen molar-refractivity contribution in [2.24, 2.45) is 0 Å². The highest BCUT2D eigenvalue weighted by Gasteiger charge is 2.57. The average Bonchev–Trinajstić information content (AvgIpc) is 3.09. The number of fused-ring (bicyclic) bond motifs is 1. The molecular weight excluding hydrogens is 627 g/mol. The number of hydrogen-bond acceptors (Lipinski definition) is 6. The monoisotopic (exact) mass is 665 g/mol. The predicted octanol–water partition coefficient (Wildman–Crippen LogP) is 5.06. The summed E-state index contributed by atoms with van der Waals surface area (Å²) in [4.78, 5) is 42.3. The molecule has 2 atom stereocenters. The van der Waals surface area contributed by atoms with Crippen LogP contribution in [-0.4, -0.2) is 58.2 Å². The Morgan fingerprint density at radius 2 is 1.30 bits per heavy atom. The van der Waals surface area contributed by atoms with Crippen LogP contribution in [0.15, 0.2) is 133 Å². The summed E-state index contributed by atoms with van der Waals surface area (Å²) in [5.74, 6) is -0.196. The molecule has 0 radical (unpaired) electrons. The highest BCUT2D eigenvalue weighted by Crippen LogP contribution is 2.58. The van der Waals surface area contributed by atoms with Crippen LogP contribution < -0.4 is 26.0 Å². The summed E-state index contributed by atoms with van der Waals surface area (Å²) in [6.45, 7) is 5.25. The van der Waals surface area contributed by atoms with Crippen LogP contribution in [0.2, 0.25) is 0 Å². The minimum atomic E-state index is -2.37. The number of β-lactam (4-membered cyclic amide) rings is 1. The van der Waals surface area contributed by atoms with Crippen LogP contribution >= 0.6 is 19.0 Å². The van der Waals surface area contributed by atoms with Crippen molar-refractivity contribution < 1.29 is 23.9 Å². The van der Waals surface area contributed by atoms with E-state index >= 15 is 0 Å². The molecule has 2 aliphatic rings. The number of thioether (sulfide) groups is 1. The van der Waals surface area contributed by atoms with Gasteiger partial charge in [0.1, 0.15) is 51.6 Å². The zero-order chi connectivity index (χ0) is 33.0. The fourth-order valence-electron chi connectivity index (χ4n) is 6.06. The second-order valence-corrected chi connectivity index (χ2v) is 17.1. The molecule has 2 amide bonds. The molecule has 0 spiro atoms. The molecular formula is C38H38N2O5PS+. The molecule has 4 aromatic carbocycles. The summed E-state index contributed by atoms with van der Waals surface area (Å²) >= 11 is 1.56. The molecule has 0 bridgehead atoms. The summed E-state index contributed by atoms with van der Waals surface area (Å²) in [5, 5.41) is 5.94. The summed E-state index contributed by atoms with van der Waals surface area (Å²) in [6, 6.07) is 39.6. The minimum Gasteiger partial charge on any atom is -0.484 e. The normalized spacial score (nSPS) is 17.8. The second-order valence-electron chi connectivity index (χ2n) is 12.5. The summed E-state index contributed by atoms with van der Waals surface area (Å²) in [7, 11) is -2.37. The van der Waals surface area contributed by atoms with E-state index in [1.807, 2.05) is 57.2 Å². The number of rotatable bonds is 10. The van der Waals surface area contributed by atoms with E-state index in [0.29, 0.717) is 17.7 Å². The van der Waals surface area contributed by atoms with Gasteiger partial charge < -0.3 is 14.8 Å². The third-order valence-electron chi connectivity index (χ3n) is 8.09. The molecule has 0 aliphatic carbocycles. The number of benzene rings is 4. The Morgan fingerprint density at radius 3 is 1.79 bits per heavy atom. The van der Waals surface area contributed by atoms with Gasteiger partial charge in [0.25, 0.3) is 11.8 Å². The molecule has 2 heterocycles. The predicted molar refractivity (Wildman–Crippen MR) is 190 cm³/mol. The molecule has 7 nitrogen and oxygen atoms in total. The van der Waals surface area contributed by atoms with Gasteiger partial charge in [-0.2, -0.15) is 0 Å². The number of hydrogen-bond donors (Lipinski definition) is 1. The van der Waals surface area contributed by atoms with Crippen molar-refractivity contribution >= 4 is 52.7 Å². The van der Waals surface area contributed by atoms with Gasteiger partial charge in [0.05, 0.1) is 6.16 Å². The van der Waals surface area contributed by atoms with Crippen LogP contribution in [-0.2, 0) is 19.1 Å². The van der Waals surface area contributed by atoms with Gasteiger partial charge in [-0.15, -0.1) is 11.8 Å². The largest absolute Gasteiger partial charge is 0.484 e. The van der Waals surface area contributed by atoms with Crippen LogP contribution in [0.3, 0.4) is 0 Å².